The Morgan fingerprint density at radius 2 is 1.94 bits per heavy atom. The molecule has 0 saturated heterocycles. The zero-order chi connectivity index (χ0) is 11.8. The molecule has 16 heavy (non-hydrogen) atoms. The highest BCUT2D eigenvalue weighted by Crippen LogP contribution is 2.17. The Morgan fingerprint density at radius 1 is 1.25 bits per heavy atom. The lowest BCUT2D eigenvalue weighted by Crippen LogP contribution is -2.27. The third kappa shape index (κ3) is 4.63. The third-order valence-corrected chi connectivity index (χ3v) is 2.96. The summed E-state index contributed by atoms with van der Waals surface area (Å²) < 4.78 is 0. The van der Waals surface area contributed by atoms with E-state index in [1.165, 1.54) is 12.0 Å². The largest absolute Gasteiger partial charge is 0.314 e. The Hall–Kier alpha value is -1.08. The molecule has 1 aromatic rings. The van der Waals surface area contributed by atoms with Gasteiger partial charge in [0.1, 0.15) is 0 Å². The first-order valence-corrected chi connectivity index (χ1v) is 6.13. The molecule has 88 valence electrons. The molecule has 1 rings (SSSR count). The SMILES string of the molecule is C=CCC(C)NCCC(C)c1ccccc1. The normalized spacial score (nSPS) is 14.4. The maximum absolute atomic E-state index is 3.75. The molecule has 0 aliphatic rings. The van der Waals surface area contributed by atoms with Gasteiger partial charge in [-0.05, 0) is 37.8 Å². The van der Waals surface area contributed by atoms with Crippen LogP contribution in [0.5, 0.6) is 0 Å². The van der Waals surface area contributed by atoms with E-state index in [4.69, 9.17) is 0 Å². The Kier molecular flexibility index (Phi) is 5.87. The Morgan fingerprint density at radius 3 is 2.56 bits per heavy atom. The predicted molar refractivity (Wildman–Crippen MR) is 71.8 cm³/mol. The minimum atomic E-state index is 0.542. The molecule has 0 aromatic heterocycles. The summed E-state index contributed by atoms with van der Waals surface area (Å²) in [6.07, 6.45) is 4.20. The minimum absolute atomic E-state index is 0.542. The zero-order valence-electron chi connectivity index (χ0n) is 10.4. The molecule has 0 fully saturated rings. The number of hydrogen-bond acceptors (Lipinski definition) is 1. The van der Waals surface area contributed by atoms with Gasteiger partial charge in [0.15, 0.2) is 0 Å². The van der Waals surface area contributed by atoms with E-state index >= 15 is 0 Å². The molecule has 1 aromatic carbocycles. The van der Waals surface area contributed by atoms with Crippen LogP contribution in [0.4, 0.5) is 0 Å². The average molecular weight is 217 g/mol. The Labute approximate surface area is 99.6 Å². The van der Waals surface area contributed by atoms with Crippen molar-refractivity contribution in [2.75, 3.05) is 6.54 Å². The first-order valence-electron chi connectivity index (χ1n) is 6.13. The van der Waals surface area contributed by atoms with E-state index in [-0.39, 0.29) is 0 Å². The lowest BCUT2D eigenvalue weighted by Gasteiger charge is -2.15. The minimum Gasteiger partial charge on any atom is -0.314 e. The van der Waals surface area contributed by atoms with Crippen LogP contribution in [0, 0.1) is 0 Å². The van der Waals surface area contributed by atoms with E-state index < -0.39 is 0 Å². The summed E-state index contributed by atoms with van der Waals surface area (Å²) in [5.74, 6) is 0.629. The van der Waals surface area contributed by atoms with Gasteiger partial charge in [0.25, 0.3) is 0 Å². The van der Waals surface area contributed by atoms with Gasteiger partial charge in [-0.15, -0.1) is 6.58 Å². The molecule has 0 spiro atoms. The first kappa shape index (κ1) is 13.0. The van der Waals surface area contributed by atoms with Crippen molar-refractivity contribution in [2.24, 2.45) is 0 Å². The van der Waals surface area contributed by atoms with Crippen LogP contribution in [-0.2, 0) is 0 Å². The Bertz CT molecular complexity index is 292. The molecule has 2 atom stereocenters. The fraction of sp³-hybridized carbons (Fsp3) is 0.467. The zero-order valence-corrected chi connectivity index (χ0v) is 10.4. The topological polar surface area (TPSA) is 12.0 Å². The van der Waals surface area contributed by atoms with E-state index in [0.29, 0.717) is 12.0 Å². The van der Waals surface area contributed by atoms with E-state index in [0.717, 1.165) is 13.0 Å². The van der Waals surface area contributed by atoms with Crippen molar-refractivity contribution in [3.8, 4) is 0 Å². The van der Waals surface area contributed by atoms with Gasteiger partial charge in [-0.2, -0.15) is 0 Å². The molecule has 1 N–H and O–H groups in total. The van der Waals surface area contributed by atoms with E-state index in [9.17, 15) is 0 Å². The summed E-state index contributed by atoms with van der Waals surface area (Å²) in [6, 6.07) is 11.2. The van der Waals surface area contributed by atoms with E-state index in [2.05, 4.69) is 56.1 Å². The summed E-state index contributed by atoms with van der Waals surface area (Å²) in [7, 11) is 0. The van der Waals surface area contributed by atoms with Gasteiger partial charge in [-0.25, -0.2) is 0 Å². The third-order valence-electron chi connectivity index (χ3n) is 2.96. The molecule has 1 heteroatoms. The molecule has 0 saturated carbocycles. The van der Waals surface area contributed by atoms with Gasteiger partial charge in [0.05, 0.1) is 0 Å². The van der Waals surface area contributed by atoms with Crippen LogP contribution in [0.2, 0.25) is 0 Å². The monoisotopic (exact) mass is 217 g/mol. The van der Waals surface area contributed by atoms with Crippen LogP contribution in [0.15, 0.2) is 43.0 Å². The Balaban J connectivity index is 2.25. The van der Waals surface area contributed by atoms with Gasteiger partial charge in [-0.1, -0.05) is 43.3 Å². The van der Waals surface area contributed by atoms with Crippen molar-refractivity contribution >= 4 is 0 Å². The lowest BCUT2D eigenvalue weighted by molar-refractivity contribution is 0.518. The number of hydrogen-bond donors (Lipinski definition) is 1. The molecule has 2 unspecified atom stereocenters. The maximum Gasteiger partial charge on any atom is 0.00731 e. The molecule has 0 heterocycles. The fourth-order valence-electron chi connectivity index (χ4n) is 1.83. The van der Waals surface area contributed by atoms with E-state index in [1.807, 2.05) is 6.08 Å². The van der Waals surface area contributed by atoms with Crippen molar-refractivity contribution < 1.29 is 0 Å². The smallest absolute Gasteiger partial charge is 0.00731 e. The highest BCUT2D eigenvalue weighted by molar-refractivity contribution is 5.18. The molecule has 0 amide bonds. The van der Waals surface area contributed by atoms with Crippen molar-refractivity contribution in [3.05, 3.63) is 48.6 Å². The fourth-order valence-corrected chi connectivity index (χ4v) is 1.83. The highest BCUT2D eigenvalue weighted by atomic mass is 14.9. The summed E-state index contributed by atoms with van der Waals surface area (Å²) in [4.78, 5) is 0. The van der Waals surface area contributed by atoms with Crippen LogP contribution < -0.4 is 5.32 Å². The summed E-state index contributed by atoms with van der Waals surface area (Å²) in [5.41, 5.74) is 1.43. The molecule has 0 aliphatic carbocycles. The predicted octanol–water partition coefficient (Wildman–Crippen LogP) is 3.73. The van der Waals surface area contributed by atoms with Gasteiger partial charge in [0.2, 0.25) is 0 Å². The van der Waals surface area contributed by atoms with Crippen LogP contribution in [0.3, 0.4) is 0 Å². The highest BCUT2D eigenvalue weighted by Gasteiger charge is 2.05. The van der Waals surface area contributed by atoms with Crippen molar-refractivity contribution in [3.63, 3.8) is 0 Å². The van der Waals surface area contributed by atoms with Crippen LogP contribution in [0.1, 0.15) is 38.2 Å². The lowest BCUT2D eigenvalue weighted by atomic mass is 9.98. The number of benzene rings is 1. The second kappa shape index (κ2) is 7.24. The second-order valence-electron chi connectivity index (χ2n) is 4.48. The second-order valence-corrected chi connectivity index (χ2v) is 4.48. The van der Waals surface area contributed by atoms with Crippen LogP contribution in [-0.4, -0.2) is 12.6 Å². The van der Waals surface area contributed by atoms with Gasteiger partial charge >= 0.3 is 0 Å². The average Bonchev–Trinajstić information content (AvgIpc) is 2.30. The quantitative estimate of drug-likeness (QED) is 0.686. The summed E-state index contributed by atoms with van der Waals surface area (Å²) >= 11 is 0. The molecule has 0 bridgehead atoms. The first-order chi connectivity index (χ1) is 7.74. The van der Waals surface area contributed by atoms with Gasteiger partial charge < -0.3 is 5.32 Å². The number of rotatable bonds is 7. The van der Waals surface area contributed by atoms with Crippen molar-refractivity contribution in [1.29, 1.82) is 0 Å². The molecular weight excluding hydrogens is 194 g/mol. The standard InChI is InChI=1S/C15H23N/c1-4-8-14(3)16-12-11-13(2)15-9-6-5-7-10-15/h4-7,9-10,13-14,16H,1,8,11-12H2,2-3H3. The van der Waals surface area contributed by atoms with Gasteiger partial charge in [0, 0.05) is 6.04 Å². The molecular formula is C15H23N. The molecule has 1 nitrogen and oxygen atoms in total. The van der Waals surface area contributed by atoms with Crippen molar-refractivity contribution in [2.45, 2.75) is 38.6 Å². The maximum atomic E-state index is 3.75. The number of nitrogens with one attached hydrogen (secondary N) is 1. The van der Waals surface area contributed by atoms with Crippen molar-refractivity contribution in [1.82, 2.24) is 5.32 Å². The van der Waals surface area contributed by atoms with Crippen LogP contribution >= 0.6 is 0 Å². The summed E-state index contributed by atoms with van der Waals surface area (Å²) in [5, 5.41) is 3.51. The van der Waals surface area contributed by atoms with E-state index in [1.54, 1.807) is 0 Å². The van der Waals surface area contributed by atoms with Gasteiger partial charge in [-0.3, -0.25) is 0 Å². The molecule has 0 radical (unpaired) electrons. The summed E-state index contributed by atoms with van der Waals surface area (Å²) in [6.45, 7) is 9.32. The van der Waals surface area contributed by atoms with Crippen LogP contribution in [0.25, 0.3) is 0 Å². The molecule has 0 aliphatic heterocycles.